The molecule has 1 saturated heterocycles. The van der Waals surface area contributed by atoms with Gasteiger partial charge in [0, 0.05) is 26.2 Å². The Hall–Kier alpha value is -1.47. The van der Waals surface area contributed by atoms with E-state index in [1.807, 2.05) is 0 Å². The predicted molar refractivity (Wildman–Crippen MR) is 65.3 cm³/mol. The zero-order chi connectivity index (χ0) is 12.3. The smallest absolute Gasteiger partial charge is 0.258 e. The fourth-order valence-electron chi connectivity index (χ4n) is 1.80. The van der Waals surface area contributed by atoms with Crippen molar-refractivity contribution in [2.75, 3.05) is 31.5 Å². The second kappa shape index (κ2) is 5.24. The van der Waals surface area contributed by atoms with Gasteiger partial charge in [-0.2, -0.15) is 4.37 Å². The van der Waals surface area contributed by atoms with Gasteiger partial charge in [-0.1, -0.05) is 0 Å². The van der Waals surface area contributed by atoms with Crippen LogP contribution < -0.4 is 10.6 Å². The van der Waals surface area contributed by atoms with E-state index in [9.17, 15) is 9.59 Å². The topological polar surface area (TPSA) is 74.3 Å². The molecule has 2 heterocycles. The molecule has 2 amide bonds. The summed E-state index contributed by atoms with van der Waals surface area (Å²) in [4.78, 5) is 24.5. The number of nitrogens with one attached hydrogen (secondary N) is 2. The van der Waals surface area contributed by atoms with Crippen LogP contribution in [0.25, 0.3) is 0 Å². The third-order valence-electron chi connectivity index (χ3n) is 2.67. The van der Waals surface area contributed by atoms with Gasteiger partial charge in [-0.3, -0.25) is 9.59 Å². The maximum atomic E-state index is 12.3. The molecule has 0 bridgehead atoms. The highest BCUT2D eigenvalue weighted by Gasteiger charge is 2.24. The molecule has 0 spiro atoms. The van der Waals surface area contributed by atoms with E-state index in [-0.39, 0.29) is 5.91 Å². The highest BCUT2D eigenvalue weighted by Crippen LogP contribution is 2.25. The Morgan fingerprint density at radius 2 is 2.24 bits per heavy atom. The van der Waals surface area contributed by atoms with Gasteiger partial charge in [-0.25, -0.2) is 0 Å². The van der Waals surface area contributed by atoms with Crippen LogP contribution in [0.15, 0.2) is 0 Å². The molecule has 2 N–H and O–H groups in total. The summed E-state index contributed by atoms with van der Waals surface area (Å²) in [5.74, 6) is -0.0536. The minimum atomic E-state index is -0.0536. The van der Waals surface area contributed by atoms with Crippen molar-refractivity contribution in [3.63, 3.8) is 0 Å². The molecule has 0 aliphatic carbocycles. The van der Waals surface area contributed by atoms with E-state index >= 15 is 0 Å². The van der Waals surface area contributed by atoms with Crippen LogP contribution in [-0.4, -0.2) is 47.8 Å². The number of hydrogen-bond donors (Lipinski definition) is 2. The van der Waals surface area contributed by atoms with Gasteiger partial charge >= 0.3 is 0 Å². The number of aromatic nitrogens is 1. The van der Waals surface area contributed by atoms with Gasteiger partial charge in [-0.05, 0) is 18.5 Å². The van der Waals surface area contributed by atoms with Crippen molar-refractivity contribution >= 4 is 28.9 Å². The molecule has 0 saturated carbocycles. The maximum absolute atomic E-state index is 12.3. The van der Waals surface area contributed by atoms with Gasteiger partial charge in [0.05, 0.1) is 11.3 Å². The fraction of sp³-hybridized carbons (Fsp3) is 0.500. The largest absolute Gasteiger partial charge is 0.336 e. The molecular formula is C10H14N4O2S. The molecule has 2 rings (SSSR count). The van der Waals surface area contributed by atoms with Crippen LogP contribution in [-0.2, 0) is 4.79 Å². The SMILES string of the molecule is Cc1nsc(NC=O)c1C(=O)N1CCNCC1. The van der Waals surface area contributed by atoms with Crippen LogP contribution in [0.2, 0.25) is 0 Å². The summed E-state index contributed by atoms with van der Waals surface area (Å²) in [5.41, 5.74) is 1.19. The van der Waals surface area contributed by atoms with Crippen LogP contribution in [0.5, 0.6) is 0 Å². The highest BCUT2D eigenvalue weighted by atomic mass is 32.1. The Morgan fingerprint density at radius 1 is 1.53 bits per heavy atom. The second-order valence-corrected chi connectivity index (χ2v) is 4.55. The predicted octanol–water partition coefficient (Wildman–Crippen LogP) is 0.0652. The van der Waals surface area contributed by atoms with Crippen LogP contribution >= 0.6 is 11.5 Å². The molecule has 0 atom stereocenters. The second-order valence-electron chi connectivity index (χ2n) is 3.78. The molecule has 1 aliphatic rings. The van der Waals surface area contributed by atoms with E-state index in [0.29, 0.717) is 35.8 Å². The van der Waals surface area contributed by atoms with Crippen molar-refractivity contribution < 1.29 is 9.59 Å². The van der Waals surface area contributed by atoms with E-state index in [1.54, 1.807) is 11.8 Å². The number of rotatable bonds is 3. The normalized spacial score (nSPS) is 15.7. The van der Waals surface area contributed by atoms with Gasteiger partial charge in [0.15, 0.2) is 0 Å². The number of amides is 2. The Bertz CT molecular complexity index is 426. The van der Waals surface area contributed by atoms with Crippen LogP contribution in [0.1, 0.15) is 16.1 Å². The van der Waals surface area contributed by atoms with Gasteiger partial charge in [-0.15, -0.1) is 0 Å². The number of carbonyl (C=O) groups is 2. The molecule has 1 aromatic rings. The zero-order valence-corrected chi connectivity index (χ0v) is 10.3. The Kier molecular flexibility index (Phi) is 3.70. The number of anilines is 1. The van der Waals surface area contributed by atoms with Crippen molar-refractivity contribution in [2.45, 2.75) is 6.92 Å². The van der Waals surface area contributed by atoms with E-state index in [2.05, 4.69) is 15.0 Å². The molecule has 0 aromatic carbocycles. The fourth-order valence-corrected chi connectivity index (χ4v) is 2.55. The van der Waals surface area contributed by atoms with Gasteiger partial charge in [0.1, 0.15) is 5.00 Å². The molecule has 1 aliphatic heterocycles. The lowest BCUT2D eigenvalue weighted by molar-refractivity contribution is -0.105. The summed E-state index contributed by atoms with van der Waals surface area (Å²) in [5, 5.41) is 6.25. The number of hydrogen-bond acceptors (Lipinski definition) is 5. The molecule has 0 unspecified atom stereocenters. The van der Waals surface area contributed by atoms with Gasteiger partial charge < -0.3 is 15.5 Å². The summed E-state index contributed by atoms with van der Waals surface area (Å²) < 4.78 is 4.11. The van der Waals surface area contributed by atoms with Gasteiger partial charge in [0.2, 0.25) is 6.41 Å². The Balaban J connectivity index is 2.22. The number of aryl methyl sites for hydroxylation is 1. The van der Waals surface area contributed by atoms with Crippen molar-refractivity contribution in [1.29, 1.82) is 0 Å². The average molecular weight is 254 g/mol. The number of nitrogens with zero attached hydrogens (tertiary/aromatic N) is 2. The van der Waals surface area contributed by atoms with Crippen molar-refractivity contribution in [3.8, 4) is 0 Å². The first-order valence-corrected chi connectivity index (χ1v) is 6.18. The van der Waals surface area contributed by atoms with Crippen molar-refractivity contribution in [1.82, 2.24) is 14.6 Å². The van der Waals surface area contributed by atoms with E-state index in [1.165, 1.54) is 0 Å². The van der Waals surface area contributed by atoms with Gasteiger partial charge in [0.25, 0.3) is 5.91 Å². The zero-order valence-electron chi connectivity index (χ0n) is 9.52. The standard InChI is InChI=1S/C10H14N4O2S/c1-7-8(9(12-6-15)17-13-7)10(16)14-4-2-11-3-5-14/h6,11H,2-5H2,1H3,(H,12,15). The first-order valence-electron chi connectivity index (χ1n) is 5.40. The summed E-state index contributed by atoms with van der Waals surface area (Å²) >= 11 is 1.14. The molecule has 6 nitrogen and oxygen atoms in total. The summed E-state index contributed by atoms with van der Waals surface area (Å²) in [6.07, 6.45) is 0.571. The Morgan fingerprint density at radius 3 is 2.88 bits per heavy atom. The molecule has 1 aromatic heterocycles. The third-order valence-corrected chi connectivity index (χ3v) is 3.54. The average Bonchev–Trinajstić information content (AvgIpc) is 2.71. The van der Waals surface area contributed by atoms with Crippen LogP contribution in [0.4, 0.5) is 5.00 Å². The minimum Gasteiger partial charge on any atom is -0.336 e. The monoisotopic (exact) mass is 254 g/mol. The van der Waals surface area contributed by atoms with Crippen LogP contribution in [0, 0.1) is 6.92 Å². The lowest BCUT2D eigenvalue weighted by Gasteiger charge is -2.27. The van der Waals surface area contributed by atoms with Crippen LogP contribution in [0.3, 0.4) is 0 Å². The summed E-state index contributed by atoms with van der Waals surface area (Å²) in [7, 11) is 0. The molecule has 92 valence electrons. The molecule has 0 radical (unpaired) electrons. The molecule has 17 heavy (non-hydrogen) atoms. The third kappa shape index (κ3) is 2.45. The maximum Gasteiger partial charge on any atom is 0.258 e. The first kappa shape index (κ1) is 12.0. The summed E-state index contributed by atoms with van der Waals surface area (Å²) in [6, 6.07) is 0. The van der Waals surface area contributed by atoms with Crippen molar-refractivity contribution in [2.24, 2.45) is 0 Å². The van der Waals surface area contributed by atoms with Crippen molar-refractivity contribution in [3.05, 3.63) is 11.3 Å². The number of piperazine rings is 1. The van der Waals surface area contributed by atoms with E-state index in [0.717, 1.165) is 24.6 Å². The molecule has 7 heteroatoms. The minimum absolute atomic E-state index is 0.0536. The quantitative estimate of drug-likeness (QED) is 0.748. The molecular weight excluding hydrogens is 240 g/mol. The lowest BCUT2D eigenvalue weighted by atomic mass is 10.2. The first-order chi connectivity index (χ1) is 8.24. The van der Waals surface area contributed by atoms with E-state index < -0.39 is 0 Å². The number of carbonyl (C=O) groups excluding carboxylic acids is 2. The highest BCUT2D eigenvalue weighted by molar-refractivity contribution is 7.10. The molecule has 1 fully saturated rings. The summed E-state index contributed by atoms with van der Waals surface area (Å²) in [6.45, 7) is 4.77. The van der Waals surface area contributed by atoms with E-state index in [4.69, 9.17) is 0 Å². The Labute approximate surface area is 103 Å². The lowest BCUT2D eigenvalue weighted by Crippen LogP contribution is -2.46.